The van der Waals surface area contributed by atoms with Gasteiger partial charge in [-0.1, -0.05) is 0 Å². The van der Waals surface area contributed by atoms with Crippen molar-refractivity contribution in [2.75, 3.05) is 13.1 Å². The Balaban J connectivity index is 2.06. The summed E-state index contributed by atoms with van der Waals surface area (Å²) >= 11 is 0. The van der Waals surface area contributed by atoms with Crippen LogP contribution in [0.5, 0.6) is 0 Å². The van der Waals surface area contributed by atoms with Crippen LogP contribution < -0.4 is 0 Å². The Labute approximate surface area is 75.8 Å². The van der Waals surface area contributed by atoms with Gasteiger partial charge in [0.2, 0.25) is 0 Å². The van der Waals surface area contributed by atoms with Crippen LogP contribution in [0.15, 0.2) is 23.0 Å². The molecule has 0 aliphatic carbocycles. The largest absolute Gasteiger partial charge is 0.472 e. The smallest absolute Gasteiger partial charge is 0.257 e. The van der Waals surface area contributed by atoms with Gasteiger partial charge in [0.05, 0.1) is 17.9 Å². The van der Waals surface area contributed by atoms with Gasteiger partial charge in [-0.15, -0.1) is 0 Å². The number of carbonyl (C=O) groups excluding carboxylic acids is 1. The minimum Gasteiger partial charge on any atom is -0.472 e. The van der Waals surface area contributed by atoms with E-state index in [0.29, 0.717) is 25.1 Å². The van der Waals surface area contributed by atoms with E-state index >= 15 is 0 Å². The Bertz CT molecular complexity index is 294. The summed E-state index contributed by atoms with van der Waals surface area (Å²) in [7, 11) is 0. The standard InChI is InChI=1S/C9H11NO3/c11-8-1-3-10(5-8)9(12)7-2-4-13-6-7/h2,4,6,8,11H,1,3,5H2/t8-/m1/s1. The van der Waals surface area contributed by atoms with E-state index in [4.69, 9.17) is 4.42 Å². The second-order valence-electron chi connectivity index (χ2n) is 3.21. The second-order valence-corrected chi connectivity index (χ2v) is 3.21. The fourth-order valence-corrected chi connectivity index (χ4v) is 1.50. The molecule has 1 aromatic rings. The number of rotatable bonds is 1. The molecule has 1 N–H and O–H groups in total. The van der Waals surface area contributed by atoms with Gasteiger partial charge >= 0.3 is 0 Å². The van der Waals surface area contributed by atoms with Crippen LogP contribution in [0.1, 0.15) is 16.8 Å². The predicted molar refractivity (Wildman–Crippen MR) is 45.2 cm³/mol. The Hall–Kier alpha value is -1.29. The van der Waals surface area contributed by atoms with Crippen LogP contribution in [-0.4, -0.2) is 35.1 Å². The van der Waals surface area contributed by atoms with Crippen molar-refractivity contribution in [2.45, 2.75) is 12.5 Å². The molecule has 1 aromatic heterocycles. The summed E-state index contributed by atoms with van der Waals surface area (Å²) in [5, 5.41) is 9.23. The number of amides is 1. The third-order valence-corrected chi connectivity index (χ3v) is 2.22. The molecule has 1 saturated heterocycles. The van der Waals surface area contributed by atoms with Crippen LogP contribution in [0.2, 0.25) is 0 Å². The van der Waals surface area contributed by atoms with Crippen molar-refractivity contribution in [3.63, 3.8) is 0 Å². The van der Waals surface area contributed by atoms with Gasteiger partial charge < -0.3 is 14.4 Å². The van der Waals surface area contributed by atoms with Crippen LogP contribution in [0.4, 0.5) is 0 Å². The van der Waals surface area contributed by atoms with E-state index in [1.54, 1.807) is 11.0 Å². The molecule has 13 heavy (non-hydrogen) atoms. The Kier molecular flexibility index (Phi) is 2.06. The molecule has 4 heteroatoms. The first kappa shape index (κ1) is 8.31. The summed E-state index contributed by atoms with van der Waals surface area (Å²) in [6.07, 6.45) is 3.20. The highest BCUT2D eigenvalue weighted by Gasteiger charge is 2.25. The molecule has 0 bridgehead atoms. The van der Waals surface area contributed by atoms with Crippen molar-refractivity contribution in [2.24, 2.45) is 0 Å². The van der Waals surface area contributed by atoms with E-state index in [1.165, 1.54) is 12.5 Å². The number of β-amino-alcohol motifs (C(OH)–C–C–N with tert-alkyl or cyclic N) is 1. The second kappa shape index (κ2) is 3.22. The van der Waals surface area contributed by atoms with Crippen LogP contribution in [0.25, 0.3) is 0 Å². The van der Waals surface area contributed by atoms with Gasteiger partial charge in [-0.25, -0.2) is 0 Å². The zero-order valence-corrected chi connectivity index (χ0v) is 7.14. The quantitative estimate of drug-likeness (QED) is 0.685. The van der Waals surface area contributed by atoms with Gasteiger partial charge in [-0.2, -0.15) is 0 Å². The third kappa shape index (κ3) is 1.58. The molecular weight excluding hydrogens is 170 g/mol. The highest BCUT2D eigenvalue weighted by atomic mass is 16.3. The molecule has 0 spiro atoms. The Morgan fingerprint density at radius 1 is 1.69 bits per heavy atom. The minimum absolute atomic E-state index is 0.0645. The predicted octanol–water partition coefficient (Wildman–Crippen LogP) is 0.486. The molecule has 0 radical (unpaired) electrons. The van der Waals surface area contributed by atoms with Crippen molar-refractivity contribution in [3.8, 4) is 0 Å². The molecule has 70 valence electrons. The molecule has 2 rings (SSSR count). The molecule has 0 unspecified atom stereocenters. The van der Waals surface area contributed by atoms with Gasteiger partial charge in [-0.3, -0.25) is 4.79 Å². The maximum Gasteiger partial charge on any atom is 0.257 e. The Morgan fingerprint density at radius 2 is 2.54 bits per heavy atom. The third-order valence-electron chi connectivity index (χ3n) is 2.22. The summed E-state index contributed by atoms with van der Waals surface area (Å²) in [4.78, 5) is 13.2. The number of furan rings is 1. The highest BCUT2D eigenvalue weighted by Crippen LogP contribution is 2.13. The van der Waals surface area contributed by atoms with Crippen LogP contribution in [-0.2, 0) is 0 Å². The van der Waals surface area contributed by atoms with E-state index < -0.39 is 0 Å². The fourth-order valence-electron chi connectivity index (χ4n) is 1.50. The molecule has 4 nitrogen and oxygen atoms in total. The maximum absolute atomic E-state index is 11.6. The van der Waals surface area contributed by atoms with Crippen molar-refractivity contribution in [3.05, 3.63) is 24.2 Å². The van der Waals surface area contributed by atoms with E-state index in [0.717, 1.165) is 0 Å². The van der Waals surface area contributed by atoms with Gasteiger partial charge in [-0.05, 0) is 12.5 Å². The molecule has 1 atom stereocenters. The average molecular weight is 181 g/mol. The lowest BCUT2D eigenvalue weighted by molar-refractivity contribution is 0.0764. The number of aliphatic hydroxyl groups excluding tert-OH is 1. The molecule has 1 amide bonds. The summed E-state index contributed by atoms with van der Waals surface area (Å²) in [6.45, 7) is 1.06. The monoisotopic (exact) mass is 181 g/mol. The SMILES string of the molecule is O=C(c1ccoc1)N1CC[C@@H](O)C1. The Morgan fingerprint density at radius 3 is 3.08 bits per heavy atom. The topological polar surface area (TPSA) is 53.7 Å². The summed E-state index contributed by atoms with van der Waals surface area (Å²) in [5.74, 6) is -0.0645. The zero-order chi connectivity index (χ0) is 9.26. The first-order chi connectivity index (χ1) is 6.27. The maximum atomic E-state index is 11.6. The highest BCUT2D eigenvalue weighted by molar-refractivity contribution is 5.94. The molecule has 2 heterocycles. The van der Waals surface area contributed by atoms with Crippen LogP contribution in [0.3, 0.4) is 0 Å². The summed E-state index contributed by atoms with van der Waals surface area (Å²) in [6, 6.07) is 1.63. The first-order valence-corrected chi connectivity index (χ1v) is 4.27. The number of carbonyl (C=O) groups is 1. The normalized spacial score (nSPS) is 22.2. The van der Waals surface area contributed by atoms with E-state index in [2.05, 4.69) is 0 Å². The molecular formula is C9H11NO3. The number of hydrogen-bond donors (Lipinski definition) is 1. The number of aliphatic hydroxyl groups is 1. The zero-order valence-electron chi connectivity index (χ0n) is 7.14. The fraction of sp³-hybridized carbons (Fsp3) is 0.444. The molecule has 1 aliphatic heterocycles. The van der Waals surface area contributed by atoms with E-state index in [9.17, 15) is 9.90 Å². The lowest BCUT2D eigenvalue weighted by Crippen LogP contribution is -2.29. The number of likely N-dealkylation sites (tertiary alicyclic amines) is 1. The molecule has 1 fully saturated rings. The lowest BCUT2D eigenvalue weighted by atomic mass is 10.3. The van der Waals surface area contributed by atoms with Crippen molar-refractivity contribution in [1.29, 1.82) is 0 Å². The van der Waals surface area contributed by atoms with E-state index in [1.807, 2.05) is 0 Å². The van der Waals surface area contributed by atoms with Crippen molar-refractivity contribution in [1.82, 2.24) is 4.90 Å². The molecule has 0 saturated carbocycles. The minimum atomic E-state index is -0.365. The van der Waals surface area contributed by atoms with Crippen molar-refractivity contribution < 1.29 is 14.3 Å². The number of nitrogens with zero attached hydrogens (tertiary/aromatic N) is 1. The molecule has 0 aromatic carbocycles. The van der Waals surface area contributed by atoms with Crippen molar-refractivity contribution >= 4 is 5.91 Å². The van der Waals surface area contributed by atoms with Gasteiger partial charge in [0.25, 0.3) is 5.91 Å². The van der Waals surface area contributed by atoms with Gasteiger partial charge in [0, 0.05) is 13.1 Å². The van der Waals surface area contributed by atoms with Gasteiger partial charge in [0.1, 0.15) is 6.26 Å². The van der Waals surface area contributed by atoms with Crippen LogP contribution >= 0.6 is 0 Å². The van der Waals surface area contributed by atoms with E-state index in [-0.39, 0.29) is 12.0 Å². The number of hydrogen-bond acceptors (Lipinski definition) is 3. The summed E-state index contributed by atoms with van der Waals surface area (Å²) < 4.78 is 4.81. The van der Waals surface area contributed by atoms with Gasteiger partial charge in [0.15, 0.2) is 0 Å². The lowest BCUT2D eigenvalue weighted by Gasteiger charge is -2.13. The average Bonchev–Trinajstić information content (AvgIpc) is 2.72. The summed E-state index contributed by atoms with van der Waals surface area (Å²) in [5.41, 5.74) is 0.550. The van der Waals surface area contributed by atoms with Crippen LogP contribution in [0, 0.1) is 0 Å². The first-order valence-electron chi connectivity index (χ1n) is 4.27. The molecule has 1 aliphatic rings.